The maximum Gasteiger partial charge on any atom is 0.409 e. The minimum atomic E-state index is -0.332. The van der Waals surface area contributed by atoms with Crippen LogP contribution in [0.25, 0.3) is 0 Å². The zero-order valence-electron chi connectivity index (χ0n) is 16.0. The average molecular weight is 383 g/mol. The number of rotatable bonds is 6. The molecule has 1 fully saturated rings. The first-order chi connectivity index (χ1) is 13.7. The van der Waals surface area contributed by atoms with Gasteiger partial charge in [-0.3, -0.25) is 4.79 Å². The number of hydrogen-bond acceptors (Lipinski definition) is 6. The second kappa shape index (κ2) is 9.68. The molecule has 0 bridgehead atoms. The van der Waals surface area contributed by atoms with Crippen molar-refractivity contribution in [2.24, 2.45) is 0 Å². The molecule has 2 amide bonds. The summed E-state index contributed by atoms with van der Waals surface area (Å²) in [5.41, 5.74) is 1.58. The van der Waals surface area contributed by atoms with E-state index in [4.69, 9.17) is 4.74 Å². The number of amides is 2. The van der Waals surface area contributed by atoms with Crippen molar-refractivity contribution in [1.82, 2.24) is 19.8 Å². The minimum Gasteiger partial charge on any atom is -0.450 e. The summed E-state index contributed by atoms with van der Waals surface area (Å²) in [6.07, 6.45) is 1.93. The molecule has 1 aromatic carbocycles. The molecule has 2 heterocycles. The summed E-state index contributed by atoms with van der Waals surface area (Å²) in [5.74, 6) is 0.469. The smallest absolute Gasteiger partial charge is 0.409 e. The second-order valence-electron chi connectivity index (χ2n) is 6.43. The van der Waals surface area contributed by atoms with Gasteiger partial charge in [0.25, 0.3) is 5.91 Å². The monoisotopic (exact) mass is 383 g/mol. The van der Waals surface area contributed by atoms with E-state index in [1.807, 2.05) is 18.2 Å². The maximum atomic E-state index is 12.7. The molecule has 2 aromatic rings. The van der Waals surface area contributed by atoms with Crippen LogP contribution in [0.3, 0.4) is 0 Å². The third-order valence-electron chi connectivity index (χ3n) is 4.54. The normalized spacial score (nSPS) is 13.9. The van der Waals surface area contributed by atoms with Gasteiger partial charge in [-0.1, -0.05) is 30.3 Å². The summed E-state index contributed by atoms with van der Waals surface area (Å²) >= 11 is 0. The summed E-state index contributed by atoms with van der Waals surface area (Å²) < 4.78 is 5.00. The molecule has 0 atom stereocenters. The maximum absolute atomic E-state index is 12.7. The van der Waals surface area contributed by atoms with Crippen molar-refractivity contribution in [3.8, 4) is 0 Å². The Balaban J connectivity index is 1.52. The molecule has 0 unspecified atom stereocenters. The lowest BCUT2D eigenvalue weighted by atomic mass is 10.1. The van der Waals surface area contributed by atoms with Gasteiger partial charge in [0, 0.05) is 38.8 Å². The first-order valence-electron chi connectivity index (χ1n) is 9.48. The average Bonchev–Trinajstić information content (AvgIpc) is 2.74. The van der Waals surface area contributed by atoms with E-state index in [-0.39, 0.29) is 12.0 Å². The number of nitrogens with one attached hydrogen (secondary N) is 1. The van der Waals surface area contributed by atoms with Crippen molar-refractivity contribution < 1.29 is 14.3 Å². The van der Waals surface area contributed by atoms with Crippen LogP contribution < -0.4 is 5.32 Å². The molecule has 1 N–H and O–H groups in total. The van der Waals surface area contributed by atoms with E-state index in [1.54, 1.807) is 22.8 Å². The van der Waals surface area contributed by atoms with Crippen LogP contribution in [0, 0.1) is 0 Å². The molecule has 0 spiro atoms. The first kappa shape index (κ1) is 19.6. The van der Waals surface area contributed by atoms with E-state index in [0.717, 1.165) is 6.42 Å². The zero-order valence-corrected chi connectivity index (χ0v) is 16.0. The molecule has 1 aliphatic heterocycles. The molecular weight excluding hydrogens is 358 g/mol. The minimum absolute atomic E-state index is 0.156. The van der Waals surface area contributed by atoms with Gasteiger partial charge in [0.05, 0.1) is 6.61 Å². The van der Waals surface area contributed by atoms with Gasteiger partial charge in [-0.25, -0.2) is 14.8 Å². The lowest BCUT2D eigenvalue weighted by Crippen LogP contribution is -2.50. The third kappa shape index (κ3) is 5.18. The molecule has 1 aliphatic rings. The lowest BCUT2D eigenvalue weighted by molar-refractivity contribution is 0.0566. The van der Waals surface area contributed by atoms with Crippen LogP contribution in [0.4, 0.5) is 10.6 Å². The molecular formula is C20H25N5O3. The Labute approximate surface area is 164 Å². The number of aromatic nitrogens is 2. The first-order valence-corrected chi connectivity index (χ1v) is 9.48. The predicted molar refractivity (Wildman–Crippen MR) is 105 cm³/mol. The molecule has 3 rings (SSSR count). The molecule has 8 heteroatoms. The van der Waals surface area contributed by atoms with Gasteiger partial charge >= 0.3 is 6.09 Å². The number of benzene rings is 1. The van der Waals surface area contributed by atoms with Crippen LogP contribution in [0.5, 0.6) is 0 Å². The zero-order chi connectivity index (χ0) is 19.8. The van der Waals surface area contributed by atoms with Gasteiger partial charge in [0.2, 0.25) is 0 Å². The van der Waals surface area contributed by atoms with Gasteiger partial charge in [-0.15, -0.1) is 0 Å². The summed E-state index contributed by atoms with van der Waals surface area (Å²) in [5, 5.41) is 3.24. The van der Waals surface area contributed by atoms with Crippen molar-refractivity contribution in [2.45, 2.75) is 13.3 Å². The fraction of sp³-hybridized carbons (Fsp3) is 0.400. The molecule has 0 saturated carbocycles. The molecule has 0 radical (unpaired) electrons. The molecule has 148 valence electrons. The number of hydrogen-bond donors (Lipinski definition) is 1. The molecule has 1 aromatic heterocycles. The fourth-order valence-corrected chi connectivity index (χ4v) is 3.02. The standard InChI is InChI=1S/C20H25N5O3/c1-2-28-20(27)25-12-10-24(11-13-25)19(26)17-14-18(23-15-22-17)21-9-8-16-6-4-3-5-7-16/h3-7,14-15H,2,8-13H2,1H3,(H,21,22,23). The van der Waals surface area contributed by atoms with E-state index in [1.165, 1.54) is 11.9 Å². The van der Waals surface area contributed by atoms with Crippen molar-refractivity contribution in [2.75, 3.05) is 44.6 Å². The number of carbonyl (C=O) groups is 2. The van der Waals surface area contributed by atoms with E-state index >= 15 is 0 Å². The Hall–Kier alpha value is -3.16. The van der Waals surface area contributed by atoms with E-state index in [2.05, 4.69) is 27.4 Å². The Morgan fingerprint density at radius 1 is 1.07 bits per heavy atom. The predicted octanol–water partition coefficient (Wildman–Crippen LogP) is 2.05. The highest BCUT2D eigenvalue weighted by Gasteiger charge is 2.26. The highest BCUT2D eigenvalue weighted by molar-refractivity contribution is 5.93. The highest BCUT2D eigenvalue weighted by Crippen LogP contribution is 2.11. The van der Waals surface area contributed by atoms with Gasteiger partial charge in [0.15, 0.2) is 0 Å². The SMILES string of the molecule is CCOC(=O)N1CCN(C(=O)c2cc(NCCc3ccccc3)ncn2)CC1. The number of piperazine rings is 1. The van der Waals surface area contributed by atoms with Gasteiger partial charge in [0.1, 0.15) is 17.8 Å². The summed E-state index contributed by atoms with van der Waals surface area (Å²) in [6, 6.07) is 11.8. The Morgan fingerprint density at radius 2 is 1.79 bits per heavy atom. The van der Waals surface area contributed by atoms with Crippen LogP contribution in [-0.2, 0) is 11.2 Å². The van der Waals surface area contributed by atoms with Gasteiger partial charge in [-0.05, 0) is 18.9 Å². The topological polar surface area (TPSA) is 87.7 Å². The summed E-state index contributed by atoms with van der Waals surface area (Å²) in [4.78, 5) is 36.1. The lowest BCUT2D eigenvalue weighted by Gasteiger charge is -2.33. The molecule has 28 heavy (non-hydrogen) atoms. The Kier molecular flexibility index (Phi) is 6.78. The third-order valence-corrected chi connectivity index (χ3v) is 4.54. The number of nitrogens with zero attached hydrogens (tertiary/aromatic N) is 4. The van der Waals surface area contributed by atoms with Crippen LogP contribution in [0.2, 0.25) is 0 Å². The van der Waals surface area contributed by atoms with Crippen LogP contribution >= 0.6 is 0 Å². The van der Waals surface area contributed by atoms with Crippen LogP contribution in [0.1, 0.15) is 23.0 Å². The Morgan fingerprint density at radius 3 is 2.50 bits per heavy atom. The summed E-state index contributed by atoms with van der Waals surface area (Å²) in [7, 11) is 0. The fourth-order valence-electron chi connectivity index (χ4n) is 3.02. The molecule has 8 nitrogen and oxygen atoms in total. The molecule has 0 aliphatic carbocycles. The van der Waals surface area contributed by atoms with Crippen molar-refractivity contribution in [3.63, 3.8) is 0 Å². The van der Waals surface area contributed by atoms with Crippen LogP contribution in [0.15, 0.2) is 42.7 Å². The molecule has 1 saturated heterocycles. The number of ether oxygens (including phenoxy) is 1. The second-order valence-corrected chi connectivity index (χ2v) is 6.43. The summed E-state index contributed by atoms with van der Waals surface area (Å²) in [6.45, 7) is 4.66. The quantitative estimate of drug-likeness (QED) is 0.821. The highest BCUT2D eigenvalue weighted by atomic mass is 16.6. The van der Waals surface area contributed by atoms with Crippen molar-refractivity contribution >= 4 is 17.8 Å². The van der Waals surface area contributed by atoms with Gasteiger partial charge < -0.3 is 19.9 Å². The van der Waals surface area contributed by atoms with Crippen LogP contribution in [-0.4, -0.2) is 71.1 Å². The van der Waals surface area contributed by atoms with Gasteiger partial charge in [-0.2, -0.15) is 0 Å². The van der Waals surface area contributed by atoms with Crippen molar-refractivity contribution in [3.05, 3.63) is 54.0 Å². The Bertz CT molecular complexity index is 791. The van der Waals surface area contributed by atoms with Crippen molar-refractivity contribution in [1.29, 1.82) is 0 Å². The van der Waals surface area contributed by atoms with E-state index in [0.29, 0.717) is 50.8 Å². The largest absolute Gasteiger partial charge is 0.450 e. The van der Waals surface area contributed by atoms with E-state index in [9.17, 15) is 9.59 Å². The number of carbonyl (C=O) groups excluding carboxylic acids is 2. The number of anilines is 1. The van der Waals surface area contributed by atoms with E-state index < -0.39 is 0 Å².